The van der Waals surface area contributed by atoms with Crippen LogP contribution in [0.5, 0.6) is 0 Å². The van der Waals surface area contributed by atoms with Crippen molar-refractivity contribution in [1.29, 1.82) is 0 Å². The lowest BCUT2D eigenvalue weighted by molar-refractivity contribution is -0.140. The number of likely N-dealkylation sites (N-methyl/N-ethyl adjacent to an activating group) is 1. The van der Waals surface area contributed by atoms with E-state index in [9.17, 15) is 19.2 Å². The zero-order valence-electron chi connectivity index (χ0n) is 22.0. The first-order chi connectivity index (χ1) is 16.7. The van der Waals surface area contributed by atoms with Gasteiger partial charge in [-0.2, -0.15) is 0 Å². The number of para-hydroxylation sites is 1. The summed E-state index contributed by atoms with van der Waals surface area (Å²) in [5.41, 5.74) is 8.29. The number of carbonyl (C=O) groups is 4. The van der Waals surface area contributed by atoms with Gasteiger partial charge in [0.15, 0.2) is 0 Å². The standard InChI is InChI=1S/C27H36N4O5/c1-16-11-8-9-14-19(16)29-24(33)23(22-17(2)12-10-13-18(22)3)31(7)25(34)20(15-21(28)32)30-26(35)36-27(4,5)6/h8-14,20,23H,15H2,1-7H3,(H2,28,32)(H,29,33)(H,30,35). The lowest BCUT2D eigenvalue weighted by atomic mass is 9.93. The summed E-state index contributed by atoms with van der Waals surface area (Å²) in [5.74, 6) is -1.88. The van der Waals surface area contributed by atoms with Crippen LogP contribution in [0.15, 0.2) is 42.5 Å². The Kier molecular flexibility index (Phi) is 9.22. The van der Waals surface area contributed by atoms with Crippen molar-refractivity contribution in [2.75, 3.05) is 12.4 Å². The first-order valence-electron chi connectivity index (χ1n) is 11.7. The highest BCUT2D eigenvalue weighted by Gasteiger charge is 2.36. The summed E-state index contributed by atoms with van der Waals surface area (Å²) >= 11 is 0. The molecule has 0 spiro atoms. The minimum Gasteiger partial charge on any atom is -0.444 e. The van der Waals surface area contributed by atoms with Gasteiger partial charge in [0.05, 0.1) is 6.42 Å². The van der Waals surface area contributed by atoms with Crippen molar-refractivity contribution in [3.8, 4) is 0 Å². The summed E-state index contributed by atoms with van der Waals surface area (Å²) in [4.78, 5) is 52.6. The number of rotatable bonds is 8. The van der Waals surface area contributed by atoms with Crippen LogP contribution in [-0.4, -0.2) is 47.4 Å². The molecule has 9 nitrogen and oxygen atoms in total. The molecule has 9 heteroatoms. The highest BCUT2D eigenvalue weighted by molar-refractivity contribution is 6.00. The number of alkyl carbamates (subject to hydrolysis) is 1. The second-order valence-electron chi connectivity index (χ2n) is 9.83. The van der Waals surface area contributed by atoms with E-state index < -0.39 is 47.9 Å². The average Bonchev–Trinajstić information content (AvgIpc) is 2.75. The van der Waals surface area contributed by atoms with Crippen LogP contribution in [0.2, 0.25) is 0 Å². The first-order valence-corrected chi connectivity index (χ1v) is 11.7. The highest BCUT2D eigenvalue weighted by Crippen LogP contribution is 2.29. The number of hydrogen-bond donors (Lipinski definition) is 3. The van der Waals surface area contributed by atoms with E-state index in [1.54, 1.807) is 32.9 Å². The Labute approximate surface area is 212 Å². The number of hydrogen-bond acceptors (Lipinski definition) is 5. The van der Waals surface area contributed by atoms with Gasteiger partial charge in [0.2, 0.25) is 11.8 Å². The van der Waals surface area contributed by atoms with Gasteiger partial charge >= 0.3 is 6.09 Å². The van der Waals surface area contributed by atoms with Crippen molar-refractivity contribution in [3.63, 3.8) is 0 Å². The maximum absolute atomic E-state index is 13.7. The molecule has 0 bridgehead atoms. The smallest absolute Gasteiger partial charge is 0.408 e. The monoisotopic (exact) mass is 496 g/mol. The predicted molar refractivity (Wildman–Crippen MR) is 138 cm³/mol. The van der Waals surface area contributed by atoms with E-state index >= 15 is 0 Å². The summed E-state index contributed by atoms with van der Waals surface area (Å²) in [6.07, 6.45) is -1.33. The van der Waals surface area contributed by atoms with Crippen molar-refractivity contribution in [2.24, 2.45) is 5.73 Å². The number of amides is 4. The third-order valence-corrected chi connectivity index (χ3v) is 5.60. The minimum absolute atomic E-state index is 0.437. The van der Waals surface area contributed by atoms with E-state index in [2.05, 4.69) is 10.6 Å². The van der Waals surface area contributed by atoms with E-state index in [0.29, 0.717) is 11.3 Å². The number of aryl methyl sites for hydroxylation is 3. The van der Waals surface area contributed by atoms with Gasteiger partial charge in [-0.05, 0) is 69.9 Å². The van der Waals surface area contributed by atoms with E-state index in [0.717, 1.165) is 16.7 Å². The van der Waals surface area contributed by atoms with Gasteiger partial charge < -0.3 is 26.0 Å². The van der Waals surface area contributed by atoms with Crippen LogP contribution in [-0.2, 0) is 19.1 Å². The molecule has 36 heavy (non-hydrogen) atoms. The molecule has 2 rings (SSSR count). The quantitative estimate of drug-likeness (QED) is 0.515. The van der Waals surface area contributed by atoms with Crippen molar-refractivity contribution in [2.45, 2.75) is 65.6 Å². The van der Waals surface area contributed by atoms with E-state index in [-0.39, 0.29) is 0 Å². The van der Waals surface area contributed by atoms with Gasteiger partial charge in [0.1, 0.15) is 17.7 Å². The summed E-state index contributed by atoms with van der Waals surface area (Å²) in [6.45, 7) is 10.6. The second-order valence-corrected chi connectivity index (χ2v) is 9.83. The molecule has 2 unspecified atom stereocenters. The number of nitrogens with zero attached hydrogens (tertiary/aromatic N) is 1. The molecule has 0 heterocycles. The fraction of sp³-hybridized carbons (Fsp3) is 0.407. The van der Waals surface area contributed by atoms with E-state index in [1.165, 1.54) is 11.9 Å². The predicted octanol–water partition coefficient (Wildman–Crippen LogP) is 3.52. The molecule has 0 radical (unpaired) electrons. The fourth-order valence-corrected chi connectivity index (χ4v) is 3.90. The number of nitrogens with one attached hydrogen (secondary N) is 2. The van der Waals surface area contributed by atoms with Crippen LogP contribution in [0.3, 0.4) is 0 Å². The number of nitrogens with two attached hydrogens (primary N) is 1. The van der Waals surface area contributed by atoms with Gasteiger partial charge in [0, 0.05) is 12.7 Å². The molecule has 194 valence electrons. The number of ether oxygens (including phenoxy) is 1. The Hall–Kier alpha value is -3.88. The molecular formula is C27H36N4O5. The molecule has 0 aliphatic heterocycles. The maximum atomic E-state index is 13.7. The van der Waals surface area contributed by atoms with Gasteiger partial charge in [-0.3, -0.25) is 14.4 Å². The second kappa shape index (κ2) is 11.7. The summed E-state index contributed by atoms with van der Waals surface area (Å²) in [5, 5.41) is 5.35. The van der Waals surface area contributed by atoms with Crippen LogP contribution in [0.1, 0.15) is 55.5 Å². The zero-order valence-corrected chi connectivity index (χ0v) is 22.0. The lowest BCUT2D eigenvalue weighted by Crippen LogP contribution is -2.52. The normalized spacial score (nSPS) is 12.8. The molecule has 2 aromatic carbocycles. The molecule has 2 atom stereocenters. The van der Waals surface area contributed by atoms with Gasteiger partial charge in [-0.15, -0.1) is 0 Å². The van der Waals surface area contributed by atoms with Crippen LogP contribution in [0, 0.1) is 20.8 Å². The zero-order chi connectivity index (χ0) is 27.2. The molecule has 2 aromatic rings. The van der Waals surface area contributed by atoms with Crippen LogP contribution >= 0.6 is 0 Å². The number of anilines is 1. The SMILES string of the molecule is Cc1ccccc1NC(=O)C(c1c(C)cccc1C)N(C)C(=O)C(CC(N)=O)NC(=O)OC(C)(C)C. The lowest BCUT2D eigenvalue weighted by Gasteiger charge is -2.33. The Balaban J connectivity index is 2.47. The van der Waals surface area contributed by atoms with Crippen molar-refractivity contribution >= 4 is 29.5 Å². The molecule has 4 N–H and O–H groups in total. The molecule has 0 aromatic heterocycles. The highest BCUT2D eigenvalue weighted by atomic mass is 16.6. The third-order valence-electron chi connectivity index (χ3n) is 5.60. The Morgan fingerprint density at radius 3 is 2.03 bits per heavy atom. The number of primary amides is 1. The van der Waals surface area contributed by atoms with Crippen molar-refractivity contribution < 1.29 is 23.9 Å². The van der Waals surface area contributed by atoms with Crippen LogP contribution in [0.4, 0.5) is 10.5 Å². The molecular weight excluding hydrogens is 460 g/mol. The molecule has 0 aliphatic carbocycles. The molecule has 0 saturated heterocycles. The Morgan fingerprint density at radius 2 is 1.50 bits per heavy atom. The average molecular weight is 497 g/mol. The van der Waals surface area contributed by atoms with E-state index in [4.69, 9.17) is 10.5 Å². The summed E-state index contributed by atoms with van der Waals surface area (Å²) < 4.78 is 5.25. The van der Waals surface area contributed by atoms with Gasteiger partial charge in [0.25, 0.3) is 5.91 Å². The van der Waals surface area contributed by atoms with Crippen LogP contribution in [0.25, 0.3) is 0 Å². The maximum Gasteiger partial charge on any atom is 0.408 e. The molecule has 0 fully saturated rings. The topological polar surface area (TPSA) is 131 Å². The minimum atomic E-state index is -1.32. The third kappa shape index (κ3) is 7.56. The first kappa shape index (κ1) is 28.4. The molecule has 0 saturated carbocycles. The van der Waals surface area contributed by atoms with Crippen molar-refractivity contribution in [3.05, 3.63) is 64.7 Å². The summed E-state index contributed by atoms with van der Waals surface area (Å²) in [7, 11) is 1.46. The Bertz CT molecular complexity index is 1120. The summed E-state index contributed by atoms with van der Waals surface area (Å²) in [6, 6.07) is 10.5. The fourth-order valence-electron chi connectivity index (χ4n) is 3.90. The van der Waals surface area contributed by atoms with Crippen molar-refractivity contribution in [1.82, 2.24) is 10.2 Å². The largest absolute Gasteiger partial charge is 0.444 e. The molecule has 4 amide bonds. The number of benzene rings is 2. The van der Waals surface area contributed by atoms with Crippen LogP contribution < -0.4 is 16.4 Å². The van der Waals surface area contributed by atoms with E-state index in [1.807, 2.05) is 51.1 Å². The van der Waals surface area contributed by atoms with Gasteiger partial charge in [-0.25, -0.2) is 4.79 Å². The van der Waals surface area contributed by atoms with Gasteiger partial charge in [-0.1, -0.05) is 36.4 Å². The Morgan fingerprint density at radius 1 is 0.944 bits per heavy atom. The molecule has 0 aliphatic rings. The number of carbonyl (C=O) groups excluding carboxylic acids is 4.